The van der Waals surface area contributed by atoms with E-state index >= 15 is 0 Å². The van der Waals surface area contributed by atoms with Crippen LogP contribution < -0.4 is 10.6 Å². The molecular weight excluding hydrogens is 403 g/mol. The normalized spacial score (nSPS) is 18.0. The van der Waals surface area contributed by atoms with E-state index in [1.165, 1.54) is 6.42 Å². The van der Waals surface area contributed by atoms with E-state index in [1.807, 2.05) is 0 Å². The maximum absolute atomic E-state index is 5.47. The molecule has 1 aliphatic heterocycles. The number of nitrogens with one attached hydrogen (secondary N) is 2. The second-order valence-electron chi connectivity index (χ2n) is 6.79. The summed E-state index contributed by atoms with van der Waals surface area (Å²) in [4.78, 5) is 7.34. The zero-order valence-corrected chi connectivity index (χ0v) is 17.9. The van der Waals surface area contributed by atoms with Gasteiger partial charge in [0.1, 0.15) is 0 Å². The molecule has 0 aliphatic carbocycles. The Morgan fingerprint density at radius 3 is 2.30 bits per heavy atom. The van der Waals surface area contributed by atoms with Gasteiger partial charge in [0.25, 0.3) is 0 Å². The van der Waals surface area contributed by atoms with Crippen LogP contribution in [0.1, 0.15) is 41.0 Å². The molecule has 6 heteroatoms. The molecule has 138 valence electrons. The molecule has 1 aliphatic rings. The number of ether oxygens (including phenoxy) is 1. The second kappa shape index (κ2) is 13.2. The number of rotatable bonds is 8. The third-order valence-electron chi connectivity index (χ3n) is 4.08. The van der Waals surface area contributed by atoms with Gasteiger partial charge in [0.2, 0.25) is 0 Å². The summed E-state index contributed by atoms with van der Waals surface area (Å²) in [7, 11) is 0. The van der Waals surface area contributed by atoms with Gasteiger partial charge in [-0.15, -0.1) is 24.0 Å². The van der Waals surface area contributed by atoms with Gasteiger partial charge in [-0.1, -0.05) is 27.7 Å². The Labute approximate surface area is 160 Å². The van der Waals surface area contributed by atoms with Gasteiger partial charge in [0, 0.05) is 32.2 Å². The first-order valence-electron chi connectivity index (χ1n) is 8.88. The highest BCUT2D eigenvalue weighted by atomic mass is 127. The highest BCUT2D eigenvalue weighted by Gasteiger charge is 2.23. The molecule has 0 amide bonds. The molecule has 0 saturated carbocycles. The number of hydrogen-bond donors (Lipinski definition) is 2. The standard InChI is InChI=1S/C17H36N4O.HI/c1-6-18-17(19-8-7-14(2)3)20-13-16(15(4)5)21-9-11-22-12-10-21;/h14-16H,6-13H2,1-5H3,(H2,18,19,20);1H. The fourth-order valence-corrected chi connectivity index (χ4v) is 2.66. The van der Waals surface area contributed by atoms with Gasteiger partial charge in [-0.3, -0.25) is 9.89 Å². The molecule has 0 aromatic carbocycles. The zero-order chi connectivity index (χ0) is 16.4. The molecule has 0 bridgehead atoms. The number of morpholine rings is 1. The molecule has 1 saturated heterocycles. The lowest BCUT2D eigenvalue weighted by Gasteiger charge is -2.36. The van der Waals surface area contributed by atoms with Crippen molar-refractivity contribution in [3.8, 4) is 0 Å². The van der Waals surface area contributed by atoms with Crippen LogP contribution in [0.15, 0.2) is 4.99 Å². The molecule has 1 atom stereocenters. The van der Waals surface area contributed by atoms with Crippen molar-refractivity contribution in [2.45, 2.75) is 47.1 Å². The second-order valence-corrected chi connectivity index (χ2v) is 6.79. The molecular formula is C17H37IN4O. The van der Waals surface area contributed by atoms with Gasteiger partial charge < -0.3 is 15.4 Å². The summed E-state index contributed by atoms with van der Waals surface area (Å²) in [6.45, 7) is 17.6. The Bertz CT molecular complexity index is 318. The molecule has 1 fully saturated rings. The lowest BCUT2D eigenvalue weighted by atomic mass is 10.0. The fourth-order valence-electron chi connectivity index (χ4n) is 2.66. The minimum Gasteiger partial charge on any atom is -0.379 e. The Morgan fingerprint density at radius 1 is 1.13 bits per heavy atom. The van der Waals surface area contributed by atoms with E-state index in [1.54, 1.807) is 0 Å². The van der Waals surface area contributed by atoms with Crippen LogP contribution in [0, 0.1) is 11.8 Å². The average Bonchev–Trinajstić information content (AvgIpc) is 2.47. The minimum atomic E-state index is 0. The summed E-state index contributed by atoms with van der Waals surface area (Å²) in [6.07, 6.45) is 1.17. The number of hydrogen-bond acceptors (Lipinski definition) is 3. The van der Waals surface area contributed by atoms with Crippen molar-refractivity contribution in [2.24, 2.45) is 16.8 Å². The Balaban J connectivity index is 0.00000484. The van der Waals surface area contributed by atoms with Crippen molar-refractivity contribution in [2.75, 3.05) is 45.9 Å². The van der Waals surface area contributed by atoms with Crippen molar-refractivity contribution in [3.63, 3.8) is 0 Å². The summed E-state index contributed by atoms with van der Waals surface area (Å²) in [5.41, 5.74) is 0. The van der Waals surface area contributed by atoms with Gasteiger partial charge in [-0.25, -0.2) is 0 Å². The van der Waals surface area contributed by atoms with Crippen molar-refractivity contribution in [1.82, 2.24) is 15.5 Å². The predicted octanol–water partition coefficient (Wildman–Crippen LogP) is 2.56. The molecule has 23 heavy (non-hydrogen) atoms. The van der Waals surface area contributed by atoms with E-state index in [2.05, 4.69) is 50.2 Å². The Morgan fingerprint density at radius 2 is 1.78 bits per heavy atom. The van der Waals surface area contributed by atoms with E-state index in [0.717, 1.165) is 51.9 Å². The summed E-state index contributed by atoms with van der Waals surface area (Å²) < 4.78 is 5.47. The van der Waals surface area contributed by atoms with Gasteiger partial charge >= 0.3 is 0 Å². The van der Waals surface area contributed by atoms with E-state index in [0.29, 0.717) is 17.9 Å². The van der Waals surface area contributed by atoms with Crippen molar-refractivity contribution in [3.05, 3.63) is 0 Å². The molecule has 1 unspecified atom stereocenters. The first-order chi connectivity index (χ1) is 10.5. The summed E-state index contributed by atoms with van der Waals surface area (Å²) in [6, 6.07) is 0.490. The molecule has 1 rings (SSSR count). The minimum absolute atomic E-state index is 0. The number of guanidine groups is 1. The van der Waals surface area contributed by atoms with Crippen LogP contribution in [0.4, 0.5) is 0 Å². The van der Waals surface area contributed by atoms with Crippen LogP contribution in [0.2, 0.25) is 0 Å². The van der Waals surface area contributed by atoms with Crippen molar-refractivity contribution in [1.29, 1.82) is 0 Å². The Kier molecular flexibility index (Phi) is 13.2. The number of aliphatic imine (C=N–C) groups is 1. The van der Waals surface area contributed by atoms with Crippen LogP contribution in [0.5, 0.6) is 0 Å². The molecule has 0 aromatic rings. The molecule has 1 heterocycles. The Hall–Kier alpha value is -0.0800. The van der Waals surface area contributed by atoms with Crippen molar-refractivity contribution >= 4 is 29.9 Å². The fraction of sp³-hybridized carbons (Fsp3) is 0.941. The largest absolute Gasteiger partial charge is 0.379 e. The van der Waals surface area contributed by atoms with E-state index < -0.39 is 0 Å². The van der Waals surface area contributed by atoms with Gasteiger partial charge in [-0.2, -0.15) is 0 Å². The van der Waals surface area contributed by atoms with Crippen molar-refractivity contribution < 1.29 is 4.74 Å². The average molecular weight is 440 g/mol. The molecule has 0 aromatic heterocycles. The number of nitrogens with zero attached hydrogens (tertiary/aromatic N) is 2. The maximum Gasteiger partial charge on any atom is 0.191 e. The summed E-state index contributed by atoms with van der Waals surface area (Å²) in [5, 5.41) is 6.79. The lowest BCUT2D eigenvalue weighted by molar-refractivity contribution is 0.00867. The molecule has 2 N–H and O–H groups in total. The summed E-state index contributed by atoms with van der Waals surface area (Å²) >= 11 is 0. The SMILES string of the molecule is CCNC(=NCC(C(C)C)N1CCOCC1)NCCC(C)C.I. The van der Waals surface area contributed by atoms with Crippen LogP contribution in [-0.4, -0.2) is 62.8 Å². The van der Waals surface area contributed by atoms with Crippen LogP contribution >= 0.6 is 24.0 Å². The van der Waals surface area contributed by atoms with Gasteiger partial charge in [-0.05, 0) is 25.2 Å². The van der Waals surface area contributed by atoms with Crippen LogP contribution in [-0.2, 0) is 4.74 Å². The predicted molar refractivity (Wildman–Crippen MR) is 110 cm³/mol. The van der Waals surface area contributed by atoms with Gasteiger partial charge in [0.15, 0.2) is 5.96 Å². The maximum atomic E-state index is 5.47. The molecule has 0 radical (unpaired) electrons. The highest BCUT2D eigenvalue weighted by Crippen LogP contribution is 2.13. The monoisotopic (exact) mass is 440 g/mol. The summed E-state index contributed by atoms with van der Waals surface area (Å²) in [5.74, 6) is 2.26. The quantitative estimate of drug-likeness (QED) is 0.346. The van der Waals surface area contributed by atoms with E-state index in [-0.39, 0.29) is 24.0 Å². The third kappa shape index (κ3) is 9.72. The molecule has 0 spiro atoms. The van der Waals surface area contributed by atoms with Crippen LogP contribution in [0.3, 0.4) is 0 Å². The molecule has 5 nitrogen and oxygen atoms in total. The topological polar surface area (TPSA) is 48.9 Å². The first-order valence-corrected chi connectivity index (χ1v) is 8.88. The third-order valence-corrected chi connectivity index (χ3v) is 4.08. The highest BCUT2D eigenvalue weighted by molar-refractivity contribution is 14.0. The lowest BCUT2D eigenvalue weighted by Crippen LogP contribution is -2.48. The smallest absolute Gasteiger partial charge is 0.191 e. The number of halogens is 1. The van der Waals surface area contributed by atoms with E-state index in [9.17, 15) is 0 Å². The van der Waals surface area contributed by atoms with Crippen LogP contribution in [0.25, 0.3) is 0 Å². The van der Waals surface area contributed by atoms with E-state index in [4.69, 9.17) is 9.73 Å². The van der Waals surface area contributed by atoms with Gasteiger partial charge in [0.05, 0.1) is 19.8 Å². The zero-order valence-electron chi connectivity index (χ0n) is 15.6. The first kappa shape index (κ1) is 22.9.